The number of hydrogen-bond acceptors (Lipinski definition) is 3. The van der Waals surface area contributed by atoms with Crippen molar-refractivity contribution < 1.29 is 9.53 Å². The second-order valence-electron chi connectivity index (χ2n) is 7.24. The molecular weight excluding hydrogens is 286 g/mol. The van der Waals surface area contributed by atoms with Gasteiger partial charge in [-0.1, -0.05) is 71.1 Å². The van der Waals surface area contributed by atoms with Crippen molar-refractivity contribution in [1.82, 2.24) is 4.90 Å². The van der Waals surface area contributed by atoms with Gasteiger partial charge in [-0.15, -0.1) is 0 Å². The molecule has 3 heteroatoms. The molecule has 3 nitrogen and oxygen atoms in total. The molecule has 0 bridgehead atoms. The summed E-state index contributed by atoms with van der Waals surface area (Å²) in [6, 6.07) is 1.74. The van der Waals surface area contributed by atoms with Crippen LogP contribution < -0.4 is 0 Å². The van der Waals surface area contributed by atoms with E-state index < -0.39 is 0 Å². The standard InChI is InChI=1S/C20H39NO2/c1-4-5-6-7-9-12-15-18-19(21(18)2)16-13-10-8-11-14-17-20(22)23-3/h18-19H,4-17H2,1-3H3. The van der Waals surface area contributed by atoms with E-state index in [0.717, 1.165) is 24.9 Å². The quantitative estimate of drug-likeness (QED) is 0.232. The maximum absolute atomic E-state index is 11.0. The number of ether oxygens (including phenoxy) is 1. The monoisotopic (exact) mass is 325 g/mol. The lowest BCUT2D eigenvalue weighted by Gasteiger charge is -2.02. The summed E-state index contributed by atoms with van der Waals surface area (Å²) in [5, 5.41) is 0. The maximum Gasteiger partial charge on any atom is 0.305 e. The van der Waals surface area contributed by atoms with E-state index in [1.54, 1.807) is 0 Å². The minimum atomic E-state index is -0.0675. The van der Waals surface area contributed by atoms with Gasteiger partial charge >= 0.3 is 5.97 Å². The molecule has 1 fully saturated rings. The van der Waals surface area contributed by atoms with Crippen LogP contribution >= 0.6 is 0 Å². The molecule has 0 radical (unpaired) electrons. The van der Waals surface area contributed by atoms with Gasteiger partial charge in [0.2, 0.25) is 0 Å². The first-order valence-corrected chi connectivity index (χ1v) is 9.99. The molecule has 0 aromatic carbocycles. The summed E-state index contributed by atoms with van der Waals surface area (Å²) in [5.41, 5.74) is 0. The van der Waals surface area contributed by atoms with Crippen LogP contribution in [0.4, 0.5) is 0 Å². The average molecular weight is 326 g/mol. The molecule has 3 unspecified atom stereocenters. The Bertz CT molecular complexity index is 306. The van der Waals surface area contributed by atoms with Gasteiger partial charge in [0.05, 0.1) is 7.11 Å². The molecule has 0 spiro atoms. The third-order valence-corrected chi connectivity index (χ3v) is 5.36. The van der Waals surface area contributed by atoms with Gasteiger partial charge in [-0.25, -0.2) is 0 Å². The fraction of sp³-hybridized carbons (Fsp3) is 0.950. The number of carbonyl (C=O) groups is 1. The van der Waals surface area contributed by atoms with Crippen LogP contribution in [0.1, 0.15) is 96.8 Å². The first-order chi connectivity index (χ1) is 11.2. The number of hydrogen-bond donors (Lipinski definition) is 0. The maximum atomic E-state index is 11.0. The first kappa shape index (κ1) is 20.5. The summed E-state index contributed by atoms with van der Waals surface area (Å²) in [6.07, 6.45) is 17.9. The molecule has 0 aromatic heterocycles. The Morgan fingerprint density at radius 2 is 1.30 bits per heavy atom. The Morgan fingerprint density at radius 1 is 0.826 bits per heavy atom. The fourth-order valence-corrected chi connectivity index (χ4v) is 3.65. The van der Waals surface area contributed by atoms with E-state index >= 15 is 0 Å². The molecule has 3 atom stereocenters. The van der Waals surface area contributed by atoms with Crippen molar-refractivity contribution in [3.05, 3.63) is 0 Å². The number of esters is 1. The van der Waals surface area contributed by atoms with Gasteiger partial charge in [0.25, 0.3) is 0 Å². The summed E-state index contributed by atoms with van der Waals surface area (Å²) in [6.45, 7) is 2.28. The van der Waals surface area contributed by atoms with Crippen LogP contribution in [-0.2, 0) is 9.53 Å². The molecule has 1 heterocycles. The summed E-state index contributed by atoms with van der Waals surface area (Å²) < 4.78 is 4.66. The fourth-order valence-electron chi connectivity index (χ4n) is 3.65. The highest BCUT2D eigenvalue weighted by Crippen LogP contribution is 2.34. The van der Waals surface area contributed by atoms with Crippen LogP contribution in [0.5, 0.6) is 0 Å². The third kappa shape index (κ3) is 9.34. The molecule has 23 heavy (non-hydrogen) atoms. The van der Waals surface area contributed by atoms with E-state index in [0.29, 0.717) is 6.42 Å². The minimum Gasteiger partial charge on any atom is -0.469 e. The van der Waals surface area contributed by atoms with Crippen LogP contribution in [-0.4, -0.2) is 37.1 Å². The van der Waals surface area contributed by atoms with Crippen LogP contribution in [0.15, 0.2) is 0 Å². The zero-order valence-electron chi connectivity index (χ0n) is 15.8. The lowest BCUT2D eigenvalue weighted by atomic mass is 10.0. The van der Waals surface area contributed by atoms with Gasteiger partial charge in [0.15, 0.2) is 0 Å². The van der Waals surface area contributed by atoms with Crippen LogP contribution in [0.3, 0.4) is 0 Å². The molecule has 0 aliphatic carbocycles. The Hall–Kier alpha value is -0.570. The molecular formula is C20H39NO2. The van der Waals surface area contributed by atoms with E-state index in [9.17, 15) is 4.79 Å². The van der Waals surface area contributed by atoms with Gasteiger partial charge in [-0.2, -0.15) is 0 Å². The summed E-state index contributed by atoms with van der Waals surface area (Å²) >= 11 is 0. The van der Waals surface area contributed by atoms with Crippen LogP contribution in [0.25, 0.3) is 0 Å². The number of unbranched alkanes of at least 4 members (excludes halogenated alkanes) is 9. The van der Waals surface area contributed by atoms with Gasteiger partial charge in [0, 0.05) is 18.5 Å². The molecule has 1 saturated heterocycles. The van der Waals surface area contributed by atoms with Crippen molar-refractivity contribution in [1.29, 1.82) is 0 Å². The predicted molar refractivity (Wildman–Crippen MR) is 97.7 cm³/mol. The number of nitrogens with zero attached hydrogens (tertiary/aromatic N) is 1. The smallest absolute Gasteiger partial charge is 0.305 e. The number of carbonyl (C=O) groups excluding carboxylic acids is 1. The minimum absolute atomic E-state index is 0.0675. The topological polar surface area (TPSA) is 29.3 Å². The summed E-state index contributed by atoms with van der Waals surface area (Å²) in [7, 11) is 3.76. The Kier molecular flexibility index (Phi) is 11.4. The zero-order valence-corrected chi connectivity index (χ0v) is 15.8. The molecule has 1 aliphatic rings. The SMILES string of the molecule is CCCCCCCCC1C(CCCCCCCC(=O)OC)N1C. The molecule has 0 saturated carbocycles. The first-order valence-electron chi connectivity index (χ1n) is 9.99. The van der Waals surface area contributed by atoms with Gasteiger partial charge in [0.1, 0.15) is 0 Å². The van der Waals surface area contributed by atoms with Gasteiger partial charge < -0.3 is 4.74 Å². The van der Waals surface area contributed by atoms with E-state index in [1.807, 2.05) is 0 Å². The highest BCUT2D eigenvalue weighted by atomic mass is 16.5. The highest BCUT2D eigenvalue weighted by Gasteiger charge is 2.42. The van der Waals surface area contributed by atoms with E-state index in [1.165, 1.54) is 77.7 Å². The second-order valence-corrected chi connectivity index (χ2v) is 7.24. The number of rotatable bonds is 15. The molecule has 0 N–H and O–H groups in total. The predicted octanol–water partition coefficient (Wildman–Crippen LogP) is 5.32. The number of likely N-dealkylation sites (N-methyl/N-ethyl adjacent to an activating group) is 1. The van der Waals surface area contributed by atoms with Crippen molar-refractivity contribution in [3.8, 4) is 0 Å². The van der Waals surface area contributed by atoms with Crippen molar-refractivity contribution in [2.45, 2.75) is 109 Å². The van der Waals surface area contributed by atoms with E-state index in [-0.39, 0.29) is 5.97 Å². The van der Waals surface area contributed by atoms with Crippen molar-refractivity contribution in [2.75, 3.05) is 14.2 Å². The Morgan fingerprint density at radius 3 is 1.83 bits per heavy atom. The molecule has 136 valence electrons. The normalized spacial score (nSPS) is 23.0. The lowest BCUT2D eigenvalue weighted by Crippen LogP contribution is -1.99. The highest BCUT2D eigenvalue weighted by molar-refractivity contribution is 5.68. The zero-order chi connectivity index (χ0) is 16.9. The molecule has 0 amide bonds. The van der Waals surface area contributed by atoms with Crippen molar-refractivity contribution >= 4 is 5.97 Å². The average Bonchev–Trinajstić information content (AvgIpc) is 3.18. The Labute approximate surface area is 144 Å². The van der Waals surface area contributed by atoms with Gasteiger partial charge in [-0.05, 0) is 26.3 Å². The molecule has 1 aliphatic heterocycles. The Balaban J connectivity index is 1.87. The van der Waals surface area contributed by atoms with E-state index in [4.69, 9.17) is 0 Å². The molecule has 1 rings (SSSR count). The largest absolute Gasteiger partial charge is 0.469 e. The second kappa shape index (κ2) is 12.8. The molecule has 0 aromatic rings. The third-order valence-electron chi connectivity index (χ3n) is 5.36. The lowest BCUT2D eigenvalue weighted by molar-refractivity contribution is -0.140. The van der Waals surface area contributed by atoms with Gasteiger partial charge in [-0.3, -0.25) is 9.69 Å². The van der Waals surface area contributed by atoms with Crippen molar-refractivity contribution in [2.24, 2.45) is 0 Å². The van der Waals surface area contributed by atoms with Crippen molar-refractivity contribution in [3.63, 3.8) is 0 Å². The van der Waals surface area contributed by atoms with Crippen LogP contribution in [0.2, 0.25) is 0 Å². The number of methoxy groups -OCH3 is 1. The summed E-state index contributed by atoms with van der Waals surface area (Å²) in [5.74, 6) is -0.0675. The summed E-state index contributed by atoms with van der Waals surface area (Å²) in [4.78, 5) is 13.6. The van der Waals surface area contributed by atoms with E-state index in [2.05, 4.69) is 23.6 Å². The van der Waals surface area contributed by atoms with Crippen LogP contribution in [0, 0.1) is 0 Å².